The summed E-state index contributed by atoms with van der Waals surface area (Å²) < 4.78 is 11.2. The Morgan fingerprint density at radius 3 is 2.53 bits per heavy atom. The van der Waals surface area contributed by atoms with E-state index >= 15 is 0 Å². The molecule has 3 rings (SSSR count). The number of amides is 1. The summed E-state index contributed by atoms with van der Waals surface area (Å²) in [7, 11) is 1.47. The molecule has 0 aliphatic carbocycles. The van der Waals surface area contributed by atoms with Gasteiger partial charge in [0.1, 0.15) is 0 Å². The molecule has 0 aromatic heterocycles. The summed E-state index contributed by atoms with van der Waals surface area (Å²) in [6.45, 7) is 3.51. The van der Waals surface area contributed by atoms with E-state index in [0.717, 1.165) is 12.1 Å². The molecule has 0 bridgehead atoms. The molecule has 6 nitrogen and oxygen atoms in total. The lowest BCUT2D eigenvalue weighted by atomic mass is 10.1. The van der Waals surface area contributed by atoms with Crippen molar-refractivity contribution in [3.63, 3.8) is 0 Å². The third kappa shape index (κ3) is 4.66. The van der Waals surface area contributed by atoms with E-state index in [1.165, 1.54) is 36.3 Å². The number of aliphatic carboxylic acids is 1. The second-order valence-electron chi connectivity index (χ2n) is 6.55. The van der Waals surface area contributed by atoms with Gasteiger partial charge >= 0.3 is 5.97 Å². The minimum atomic E-state index is -1.07. The van der Waals surface area contributed by atoms with Crippen LogP contribution in [0, 0.1) is 0 Å². The molecule has 8 heteroatoms. The number of nitrogens with zero attached hydrogens (tertiary/aromatic N) is 1. The van der Waals surface area contributed by atoms with Crippen LogP contribution in [0.15, 0.2) is 47.4 Å². The summed E-state index contributed by atoms with van der Waals surface area (Å²) in [5.41, 5.74) is 2.64. The number of carbonyl (C=O) groups excluding carboxylic acids is 1. The van der Waals surface area contributed by atoms with Gasteiger partial charge in [-0.3, -0.25) is 9.69 Å². The van der Waals surface area contributed by atoms with Crippen molar-refractivity contribution in [1.82, 2.24) is 0 Å². The van der Waals surface area contributed by atoms with Crippen molar-refractivity contribution in [3.8, 4) is 11.5 Å². The van der Waals surface area contributed by atoms with Crippen LogP contribution in [0.4, 0.5) is 5.69 Å². The molecule has 1 amide bonds. The van der Waals surface area contributed by atoms with Crippen LogP contribution in [-0.2, 0) is 16.0 Å². The molecule has 1 saturated heterocycles. The van der Waals surface area contributed by atoms with Gasteiger partial charge in [-0.1, -0.05) is 49.1 Å². The zero-order chi connectivity index (χ0) is 21.8. The first-order valence-electron chi connectivity index (χ1n) is 9.28. The number of benzene rings is 2. The van der Waals surface area contributed by atoms with E-state index in [1.54, 1.807) is 24.3 Å². The quantitative estimate of drug-likeness (QED) is 0.498. The summed E-state index contributed by atoms with van der Waals surface area (Å²) in [5.74, 6) is -0.569. The number of aryl methyl sites for hydroxylation is 1. The smallest absolute Gasteiger partial charge is 0.344 e. The van der Waals surface area contributed by atoms with Crippen LogP contribution < -0.4 is 14.4 Å². The Labute approximate surface area is 184 Å². The monoisotopic (exact) mass is 443 g/mol. The van der Waals surface area contributed by atoms with Gasteiger partial charge in [0.15, 0.2) is 21.9 Å². The Kier molecular flexibility index (Phi) is 6.79. The molecular formula is C22H21NO5S2. The fraction of sp³-hybridized carbons (Fsp3) is 0.227. The van der Waals surface area contributed by atoms with Crippen LogP contribution in [0.2, 0.25) is 0 Å². The van der Waals surface area contributed by atoms with Gasteiger partial charge in [0, 0.05) is 0 Å². The molecule has 1 aliphatic heterocycles. The number of carboxylic acids is 1. The average molecular weight is 444 g/mol. The van der Waals surface area contributed by atoms with Gasteiger partial charge < -0.3 is 14.6 Å². The molecule has 0 saturated carbocycles. The van der Waals surface area contributed by atoms with Crippen LogP contribution in [0.3, 0.4) is 0 Å². The van der Waals surface area contributed by atoms with Gasteiger partial charge in [0.2, 0.25) is 0 Å². The zero-order valence-electron chi connectivity index (χ0n) is 16.7. The predicted molar refractivity (Wildman–Crippen MR) is 122 cm³/mol. The SMILES string of the molecule is CCc1ccc(N2C(=O)/C(=C\c3ccc(OC(C)C(=O)O)c(OC)c3)SC2=S)cc1. The predicted octanol–water partition coefficient (Wildman–Crippen LogP) is 4.52. The molecule has 1 fully saturated rings. The second kappa shape index (κ2) is 9.32. The molecule has 1 N–H and O–H groups in total. The highest BCUT2D eigenvalue weighted by Gasteiger charge is 2.33. The summed E-state index contributed by atoms with van der Waals surface area (Å²) in [4.78, 5) is 26.0. The van der Waals surface area contributed by atoms with Crippen molar-refractivity contribution >= 4 is 51.9 Å². The number of thioether (sulfide) groups is 1. The lowest BCUT2D eigenvalue weighted by molar-refractivity contribution is -0.144. The third-order valence-corrected chi connectivity index (χ3v) is 5.84. The first kappa shape index (κ1) is 21.9. The van der Waals surface area contributed by atoms with Crippen LogP contribution in [0.25, 0.3) is 6.08 Å². The number of thiocarbonyl (C=S) groups is 1. The molecule has 30 heavy (non-hydrogen) atoms. The summed E-state index contributed by atoms with van der Waals surface area (Å²) in [5, 5.41) is 9.02. The number of carboxylic acid groups (broad SMARTS) is 1. The first-order chi connectivity index (χ1) is 14.3. The van der Waals surface area contributed by atoms with Crippen LogP contribution in [-0.4, -0.2) is 34.5 Å². The highest BCUT2D eigenvalue weighted by atomic mass is 32.2. The molecule has 1 heterocycles. The van der Waals surface area contributed by atoms with E-state index in [9.17, 15) is 9.59 Å². The first-order valence-corrected chi connectivity index (χ1v) is 10.5. The highest BCUT2D eigenvalue weighted by Crippen LogP contribution is 2.37. The second-order valence-corrected chi connectivity index (χ2v) is 8.22. The molecule has 2 aromatic carbocycles. The lowest BCUT2D eigenvalue weighted by Gasteiger charge is -2.15. The summed E-state index contributed by atoms with van der Waals surface area (Å²) in [6, 6.07) is 12.8. The van der Waals surface area contributed by atoms with Crippen LogP contribution >= 0.6 is 24.0 Å². The maximum Gasteiger partial charge on any atom is 0.344 e. The number of carbonyl (C=O) groups is 2. The van der Waals surface area contributed by atoms with Crippen molar-refractivity contribution in [1.29, 1.82) is 0 Å². The molecule has 0 spiro atoms. The van der Waals surface area contributed by atoms with Gasteiger partial charge in [0.05, 0.1) is 17.7 Å². The Balaban J connectivity index is 1.85. The van der Waals surface area contributed by atoms with Gasteiger partial charge in [-0.2, -0.15) is 0 Å². The van der Waals surface area contributed by atoms with E-state index in [2.05, 4.69) is 6.92 Å². The van der Waals surface area contributed by atoms with E-state index in [1.807, 2.05) is 24.3 Å². The molecule has 1 unspecified atom stereocenters. The minimum absolute atomic E-state index is 0.187. The van der Waals surface area contributed by atoms with Crippen LogP contribution in [0.1, 0.15) is 25.0 Å². The number of methoxy groups -OCH3 is 1. The van der Waals surface area contributed by atoms with Crippen molar-refractivity contribution in [2.24, 2.45) is 0 Å². The molecular weight excluding hydrogens is 422 g/mol. The Bertz CT molecular complexity index is 1020. The van der Waals surface area contributed by atoms with Crippen molar-refractivity contribution in [2.75, 3.05) is 12.0 Å². The fourth-order valence-corrected chi connectivity index (χ4v) is 4.13. The number of hydrogen-bond donors (Lipinski definition) is 1. The van der Waals surface area contributed by atoms with Gasteiger partial charge in [0.25, 0.3) is 5.91 Å². The van der Waals surface area contributed by atoms with Crippen molar-refractivity contribution < 1.29 is 24.2 Å². The van der Waals surface area contributed by atoms with Gasteiger partial charge in [-0.05, 0) is 54.8 Å². The van der Waals surface area contributed by atoms with Gasteiger partial charge in [-0.15, -0.1) is 0 Å². The number of rotatable bonds is 7. The average Bonchev–Trinajstić information content (AvgIpc) is 3.01. The standard InChI is InChI=1S/C22H21NO5S2/c1-4-14-5-8-16(9-6-14)23-20(24)19(30-22(23)29)12-15-7-10-17(18(11-15)27-3)28-13(2)21(25)26/h5-13H,4H2,1-3H3,(H,25,26)/b19-12+. The van der Waals surface area contributed by atoms with E-state index in [-0.39, 0.29) is 5.91 Å². The minimum Gasteiger partial charge on any atom is -0.493 e. The van der Waals surface area contributed by atoms with E-state index < -0.39 is 12.1 Å². The lowest BCUT2D eigenvalue weighted by Crippen LogP contribution is -2.27. The Morgan fingerprint density at radius 2 is 1.93 bits per heavy atom. The van der Waals surface area contributed by atoms with Crippen LogP contribution in [0.5, 0.6) is 11.5 Å². The maximum atomic E-state index is 12.9. The maximum absolute atomic E-state index is 12.9. The number of ether oxygens (including phenoxy) is 2. The molecule has 1 aliphatic rings. The van der Waals surface area contributed by atoms with E-state index in [0.29, 0.717) is 26.3 Å². The van der Waals surface area contributed by atoms with Gasteiger partial charge in [-0.25, -0.2) is 4.79 Å². The normalized spacial score (nSPS) is 16.1. The topological polar surface area (TPSA) is 76.1 Å². The summed E-state index contributed by atoms with van der Waals surface area (Å²) in [6.07, 6.45) is 1.64. The highest BCUT2D eigenvalue weighted by molar-refractivity contribution is 8.27. The molecule has 156 valence electrons. The Hall–Kier alpha value is -2.84. The third-order valence-electron chi connectivity index (χ3n) is 4.53. The molecule has 2 aromatic rings. The summed E-state index contributed by atoms with van der Waals surface area (Å²) >= 11 is 6.66. The zero-order valence-corrected chi connectivity index (χ0v) is 18.4. The number of anilines is 1. The van der Waals surface area contributed by atoms with Crippen molar-refractivity contribution in [3.05, 3.63) is 58.5 Å². The van der Waals surface area contributed by atoms with E-state index in [4.69, 9.17) is 26.8 Å². The largest absolute Gasteiger partial charge is 0.493 e. The van der Waals surface area contributed by atoms with Crippen molar-refractivity contribution in [2.45, 2.75) is 26.4 Å². The Morgan fingerprint density at radius 1 is 1.23 bits per heavy atom. The molecule has 1 atom stereocenters. The molecule has 0 radical (unpaired) electrons. The fourth-order valence-electron chi connectivity index (χ4n) is 2.83. The number of hydrogen-bond acceptors (Lipinski definition) is 6.